The Morgan fingerprint density at radius 2 is 2.04 bits per heavy atom. The monoisotopic (exact) mass is 361 g/mol. The van der Waals surface area contributed by atoms with Crippen molar-refractivity contribution in [3.8, 4) is 0 Å². The van der Waals surface area contributed by atoms with Crippen LogP contribution in [0.4, 0.5) is 4.79 Å². The highest BCUT2D eigenvalue weighted by molar-refractivity contribution is 6.30. The molecule has 0 bridgehead atoms. The summed E-state index contributed by atoms with van der Waals surface area (Å²) in [6.07, 6.45) is 2.80. The summed E-state index contributed by atoms with van der Waals surface area (Å²) >= 11 is 11.9. The van der Waals surface area contributed by atoms with Gasteiger partial charge in [0.05, 0.1) is 6.54 Å². The maximum Gasteiger partial charge on any atom is 0.325 e. The minimum Gasteiger partial charge on any atom is -0.319 e. The lowest BCUT2D eigenvalue weighted by molar-refractivity contribution is -0.132. The Bertz CT molecular complexity index is 871. The van der Waals surface area contributed by atoms with Gasteiger partial charge in [-0.1, -0.05) is 29.3 Å². The standard InChI is InChI=1S/C17H13Cl2N3O2/c18-12-1-2-13-11(8-12)3-5-17(13)15(23)22(16(24)21-17)9-10-4-6-20-14(19)7-10/h1-2,4,6-8H,3,5,9H2,(H,21,24). The van der Waals surface area contributed by atoms with E-state index >= 15 is 0 Å². The van der Waals surface area contributed by atoms with Gasteiger partial charge in [-0.2, -0.15) is 0 Å². The summed E-state index contributed by atoms with van der Waals surface area (Å²) in [5, 5.41) is 3.84. The van der Waals surface area contributed by atoms with Crippen molar-refractivity contribution in [3.63, 3.8) is 0 Å². The van der Waals surface area contributed by atoms with Crippen molar-refractivity contribution in [2.75, 3.05) is 0 Å². The molecule has 2 heterocycles. The van der Waals surface area contributed by atoms with Crippen LogP contribution in [0.25, 0.3) is 0 Å². The SMILES string of the molecule is O=C1NC2(CCc3cc(Cl)ccc32)C(=O)N1Cc1ccnc(Cl)c1. The van der Waals surface area contributed by atoms with Crippen LogP contribution in [0, 0.1) is 0 Å². The summed E-state index contributed by atoms with van der Waals surface area (Å²) in [5.41, 5.74) is 1.61. The molecule has 1 aromatic heterocycles. The number of rotatable bonds is 2. The van der Waals surface area contributed by atoms with Crippen molar-refractivity contribution < 1.29 is 9.59 Å². The number of aromatic nitrogens is 1. The first-order valence-corrected chi connectivity index (χ1v) is 8.29. The molecule has 0 saturated carbocycles. The molecule has 24 heavy (non-hydrogen) atoms. The second-order valence-electron chi connectivity index (χ2n) is 6.02. The molecule has 1 saturated heterocycles. The zero-order chi connectivity index (χ0) is 16.9. The van der Waals surface area contributed by atoms with Crippen LogP contribution in [-0.2, 0) is 23.3 Å². The Hall–Kier alpha value is -2.11. The lowest BCUT2D eigenvalue weighted by Gasteiger charge is -2.22. The van der Waals surface area contributed by atoms with Gasteiger partial charge in [-0.3, -0.25) is 9.69 Å². The van der Waals surface area contributed by atoms with Crippen molar-refractivity contribution in [2.24, 2.45) is 0 Å². The Kier molecular flexibility index (Phi) is 3.51. The van der Waals surface area contributed by atoms with E-state index in [1.807, 2.05) is 12.1 Å². The third kappa shape index (κ3) is 2.27. The summed E-state index contributed by atoms with van der Waals surface area (Å²) < 4.78 is 0. The maximum absolute atomic E-state index is 13.0. The molecule has 1 spiro atoms. The lowest BCUT2D eigenvalue weighted by atomic mass is 9.92. The molecule has 2 aromatic rings. The number of hydrogen-bond donors (Lipinski definition) is 1. The van der Waals surface area contributed by atoms with Crippen LogP contribution < -0.4 is 5.32 Å². The fourth-order valence-corrected chi connectivity index (χ4v) is 3.88. The van der Waals surface area contributed by atoms with Gasteiger partial charge >= 0.3 is 6.03 Å². The fraction of sp³-hybridized carbons (Fsp3) is 0.235. The number of fused-ring (bicyclic) bond motifs is 2. The molecule has 3 amide bonds. The van der Waals surface area contributed by atoms with Crippen LogP contribution in [0.1, 0.15) is 23.1 Å². The van der Waals surface area contributed by atoms with E-state index in [1.165, 1.54) is 4.90 Å². The van der Waals surface area contributed by atoms with Crippen molar-refractivity contribution >= 4 is 35.1 Å². The molecule has 5 nitrogen and oxygen atoms in total. The van der Waals surface area contributed by atoms with E-state index in [-0.39, 0.29) is 12.5 Å². The van der Waals surface area contributed by atoms with Gasteiger partial charge in [0.1, 0.15) is 10.7 Å². The highest BCUT2D eigenvalue weighted by Gasteiger charge is 2.55. The predicted octanol–water partition coefficient (Wildman–Crippen LogP) is 3.28. The second kappa shape index (κ2) is 5.46. The summed E-state index contributed by atoms with van der Waals surface area (Å²) in [7, 11) is 0. The summed E-state index contributed by atoms with van der Waals surface area (Å²) in [5.74, 6) is -0.235. The molecule has 2 aliphatic rings. The first kappa shape index (κ1) is 15.4. The number of aryl methyl sites for hydroxylation is 1. The van der Waals surface area contributed by atoms with Gasteiger partial charge < -0.3 is 5.32 Å². The molecule has 1 aromatic carbocycles. The quantitative estimate of drug-likeness (QED) is 0.659. The predicted molar refractivity (Wildman–Crippen MR) is 89.8 cm³/mol. The number of urea groups is 1. The van der Waals surface area contributed by atoms with Gasteiger partial charge in [-0.25, -0.2) is 9.78 Å². The van der Waals surface area contributed by atoms with Gasteiger partial charge in [-0.05, 0) is 53.8 Å². The van der Waals surface area contributed by atoms with E-state index in [1.54, 1.807) is 24.4 Å². The van der Waals surface area contributed by atoms with Crippen LogP contribution in [0.3, 0.4) is 0 Å². The van der Waals surface area contributed by atoms with Crippen molar-refractivity contribution in [3.05, 3.63) is 63.4 Å². The number of hydrogen-bond acceptors (Lipinski definition) is 3. The van der Waals surface area contributed by atoms with Crippen molar-refractivity contribution in [2.45, 2.75) is 24.9 Å². The molecule has 7 heteroatoms. The Morgan fingerprint density at radius 1 is 1.21 bits per heavy atom. The van der Waals surface area contributed by atoms with Crippen molar-refractivity contribution in [1.82, 2.24) is 15.2 Å². The number of carbonyl (C=O) groups excluding carboxylic acids is 2. The Labute approximate surface area is 148 Å². The topological polar surface area (TPSA) is 62.3 Å². The zero-order valence-electron chi connectivity index (χ0n) is 12.6. The molecule has 1 atom stereocenters. The minimum absolute atomic E-state index is 0.164. The number of amides is 3. The van der Waals surface area contributed by atoms with Gasteiger partial charge in [0.2, 0.25) is 0 Å². The molecular weight excluding hydrogens is 349 g/mol. The number of pyridine rings is 1. The average Bonchev–Trinajstić information content (AvgIpc) is 3.01. The highest BCUT2D eigenvalue weighted by atomic mass is 35.5. The number of benzene rings is 1. The number of halogens is 2. The Balaban J connectivity index is 1.68. The van der Waals surface area contributed by atoms with Crippen LogP contribution >= 0.6 is 23.2 Å². The number of nitrogens with zero attached hydrogens (tertiary/aromatic N) is 2. The molecule has 0 radical (unpaired) electrons. The summed E-state index contributed by atoms with van der Waals surface area (Å²) in [4.78, 5) is 30.6. The lowest BCUT2D eigenvalue weighted by Crippen LogP contribution is -2.41. The highest BCUT2D eigenvalue weighted by Crippen LogP contribution is 2.42. The summed E-state index contributed by atoms with van der Waals surface area (Å²) in [6.45, 7) is 0.164. The summed E-state index contributed by atoms with van der Waals surface area (Å²) in [6, 6.07) is 8.43. The molecule has 4 rings (SSSR count). The maximum atomic E-state index is 13.0. The smallest absolute Gasteiger partial charge is 0.319 e. The van der Waals surface area contributed by atoms with Crippen LogP contribution in [0.15, 0.2) is 36.5 Å². The van der Waals surface area contributed by atoms with Gasteiger partial charge in [0.25, 0.3) is 5.91 Å². The number of carbonyl (C=O) groups is 2. The van der Waals surface area contributed by atoms with Gasteiger partial charge in [0.15, 0.2) is 0 Å². The van der Waals surface area contributed by atoms with E-state index in [4.69, 9.17) is 23.2 Å². The fourth-order valence-electron chi connectivity index (χ4n) is 3.49. The van der Waals surface area contributed by atoms with Crippen molar-refractivity contribution in [1.29, 1.82) is 0 Å². The van der Waals surface area contributed by atoms with Gasteiger partial charge in [0, 0.05) is 11.2 Å². The Morgan fingerprint density at radius 3 is 2.83 bits per heavy atom. The van der Waals surface area contributed by atoms with E-state index in [0.29, 0.717) is 23.0 Å². The second-order valence-corrected chi connectivity index (χ2v) is 6.84. The molecule has 1 fully saturated rings. The number of imide groups is 1. The molecule has 1 aliphatic carbocycles. The zero-order valence-corrected chi connectivity index (χ0v) is 14.1. The van der Waals surface area contributed by atoms with Crippen LogP contribution in [0.5, 0.6) is 0 Å². The van der Waals surface area contributed by atoms with E-state index < -0.39 is 11.6 Å². The third-order valence-electron chi connectivity index (χ3n) is 4.60. The number of nitrogens with one attached hydrogen (secondary N) is 1. The molecule has 1 unspecified atom stereocenters. The van der Waals surface area contributed by atoms with E-state index in [9.17, 15) is 9.59 Å². The molecular formula is C17H13Cl2N3O2. The first-order chi connectivity index (χ1) is 11.5. The molecule has 122 valence electrons. The van der Waals surface area contributed by atoms with Crippen LogP contribution in [0.2, 0.25) is 10.2 Å². The molecule has 1 aliphatic heterocycles. The van der Waals surface area contributed by atoms with E-state index in [0.717, 1.165) is 16.7 Å². The normalized spacial score (nSPS) is 22.2. The minimum atomic E-state index is -0.978. The third-order valence-corrected chi connectivity index (χ3v) is 5.05. The van der Waals surface area contributed by atoms with Gasteiger partial charge in [-0.15, -0.1) is 0 Å². The van der Waals surface area contributed by atoms with E-state index in [2.05, 4.69) is 10.3 Å². The largest absolute Gasteiger partial charge is 0.325 e. The average molecular weight is 362 g/mol. The first-order valence-electron chi connectivity index (χ1n) is 7.53. The van der Waals surface area contributed by atoms with Crippen LogP contribution in [-0.4, -0.2) is 21.8 Å². The molecule has 1 N–H and O–H groups in total.